The molecule has 5 heteroatoms. The minimum Gasteiger partial charge on any atom is -0.349 e. The second-order valence-electron chi connectivity index (χ2n) is 5.28. The molecule has 0 aromatic carbocycles. The van der Waals surface area contributed by atoms with Crippen molar-refractivity contribution in [3.05, 3.63) is 41.9 Å². The molecule has 1 aliphatic heterocycles. The topological polar surface area (TPSA) is 46.9 Å². The summed E-state index contributed by atoms with van der Waals surface area (Å²) in [7, 11) is 0. The molecule has 4 rings (SSSR count). The van der Waals surface area contributed by atoms with Gasteiger partial charge < -0.3 is 9.88 Å². The van der Waals surface area contributed by atoms with Gasteiger partial charge in [0.2, 0.25) is 0 Å². The molecule has 4 nitrogen and oxygen atoms in total. The van der Waals surface area contributed by atoms with Crippen LogP contribution in [0.3, 0.4) is 0 Å². The van der Waals surface area contributed by atoms with Gasteiger partial charge in [-0.25, -0.2) is 0 Å². The van der Waals surface area contributed by atoms with Crippen LogP contribution < -0.4 is 5.32 Å². The molecule has 0 unspecified atom stereocenters. The van der Waals surface area contributed by atoms with E-state index in [-0.39, 0.29) is 5.91 Å². The van der Waals surface area contributed by atoms with Gasteiger partial charge in [0.15, 0.2) is 0 Å². The standard InChI is InChI=1S/C15H15N3OS/c19-15(17-11-3-4-11)12-6-13(10-2-1-5-16-7-10)18-9-20-8-14(12)18/h1-2,5-7,11H,3-4,8-9H2,(H,17,19). The number of aromatic nitrogens is 2. The fourth-order valence-corrected chi connectivity index (χ4v) is 3.64. The van der Waals surface area contributed by atoms with E-state index in [2.05, 4.69) is 14.9 Å². The van der Waals surface area contributed by atoms with Crippen LogP contribution in [-0.2, 0) is 11.6 Å². The second kappa shape index (κ2) is 4.66. The summed E-state index contributed by atoms with van der Waals surface area (Å²) in [6.07, 6.45) is 5.86. The van der Waals surface area contributed by atoms with Crippen molar-refractivity contribution in [1.29, 1.82) is 0 Å². The van der Waals surface area contributed by atoms with Crippen LogP contribution in [0, 0.1) is 0 Å². The van der Waals surface area contributed by atoms with Gasteiger partial charge in [0.25, 0.3) is 5.91 Å². The number of carbonyl (C=O) groups excluding carboxylic acids is 1. The van der Waals surface area contributed by atoms with E-state index >= 15 is 0 Å². The molecule has 3 heterocycles. The lowest BCUT2D eigenvalue weighted by atomic mass is 10.2. The number of amides is 1. The third kappa shape index (κ3) is 2.02. The second-order valence-corrected chi connectivity index (χ2v) is 6.24. The summed E-state index contributed by atoms with van der Waals surface area (Å²) < 4.78 is 2.24. The third-order valence-corrected chi connectivity index (χ3v) is 4.70. The maximum atomic E-state index is 12.4. The van der Waals surface area contributed by atoms with Crippen molar-refractivity contribution in [2.24, 2.45) is 0 Å². The Morgan fingerprint density at radius 3 is 3.10 bits per heavy atom. The zero-order chi connectivity index (χ0) is 13.5. The Kier molecular flexibility index (Phi) is 2.80. The average molecular weight is 285 g/mol. The molecule has 1 amide bonds. The van der Waals surface area contributed by atoms with Crippen molar-refractivity contribution in [2.75, 3.05) is 0 Å². The van der Waals surface area contributed by atoms with Crippen LogP contribution in [0.2, 0.25) is 0 Å². The molecule has 0 radical (unpaired) electrons. The molecule has 1 saturated carbocycles. The number of pyridine rings is 1. The highest BCUT2D eigenvalue weighted by Crippen LogP contribution is 2.35. The van der Waals surface area contributed by atoms with Gasteiger partial charge in [-0.2, -0.15) is 0 Å². The van der Waals surface area contributed by atoms with Crippen LogP contribution in [0.25, 0.3) is 11.3 Å². The Hall–Kier alpha value is -1.75. The number of fused-ring (bicyclic) bond motifs is 1. The Morgan fingerprint density at radius 1 is 1.45 bits per heavy atom. The number of carbonyl (C=O) groups is 1. The molecule has 2 aromatic heterocycles. The Bertz CT molecular complexity index is 661. The van der Waals surface area contributed by atoms with E-state index in [1.54, 1.807) is 6.20 Å². The highest BCUT2D eigenvalue weighted by molar-refractivity contribution is 7.97. The van der Waals surface area contributed by atoms with Crippen LogP contribution in [0.4, 0.5) is 0 Å². The van der Waals surface area contributed by atoms with Gasteiger partial charge in [-0.15, -0.1) is 11.8 Å². The molecular weight excluding hydrogens is 270 g/mol. The summed E-state index contributed by atoms with van der Waals surface area (Å²) in [6, 6.07) is 6.39. The van der Waals surface area contributed by atoms with Crippen LogP contribution in [0.15, 0.2) is 30.6 Å². The normalized spacial score (nSPS) is 17.0. The lowest BCUT2D eigenvalue weighted by Gasteiger charge is -2.04. The van der Waals surface area contributed by atoms with Crippen molar-refractivity contribution >= 4 is 17.7 Å². The van der Waals surface area contributed by atoms with Gasteiger partial charge in [-0.05, 0) is 31.0 Å². The number of hydrogen-bond donors (Lipinski definition) is 1. The first kappa shape index (κ1) is 12.0. The summed E-state index contributed by atoms with van der Waals surface area (Å²) in [4.78, 5) is 16.5. The molecule has 0 bridgehead atoms. The Balaban J connectivity index is 1.75. The number of rotatable bonds is 3. The molecule has 2 aliphatic rings. The van der Waals surface area contributed by atoms with Crippen molar-refractivity contribution in [3.63, 3.8) is 0 Å². The van der Waals surface area contributed by atoms with Crippen LogP contribution >= 0.6 is 11.8 Å². The van der Waals surface area contributed by atoms with Crippen molar-refractivity contribution < 1.29 is 4.79 Å². The van der Waals surface area contributed by atoms with Crippen molar-refractivity contribution in [3.8, 4) is 11.3 Å². The lowest BCUT2D eigenvalue weighted by molar-refractivity contribution is 0.0950. The predicted octanol–water partition coefficient (Wildman–Crippen LogP) is 2.65. The minimum absolute atomic E-state index is 0.0777. The smallest absolute Gasteiger partial charge is 0.253 e. The van der Waals surface area contributed by atoms with Crippen molar-refractivity contribution in [1.82, 2.24) is 14.9 Å². The van der Waals surface area contributed by atoms with E-state index in [9.17, 15) is 4.79 Å². The average Bonchev–Trinajstić information content (AvgIpc) is 3.02. The number of thioether (sulfide) groups is 1. The van der Waals surface area contributed by atoms with Crippen LogP contribution in [0.5, 0.6) is 0 Å². The molecule has 1 N–H and O–H groups in total. The molecule has 1 fully saturated rings. The van der Waals surface area contributed by atoms with Gasteiger partial charge in [-0.3, -0.25) is 9.78 Å². The number of nitrogens with zero attached hydrogens (tertiary/aromatic N) is 2. The highest BCUT2D eigenvalue weighted by Gasteiger charge is 2.28. The zero-order valence-corrected chi connectivity index (χ0v) is 11.8. The fraction of sp³-hybridized carbons (Fsp3) is 0.333. The van der Waals surface area contributed by atoms with Crippen LogP contribution in [-0.4, -0.2) is 21.5 Å². The molecule has 0 saturated heterocycles. The quantitative estimate of drug-likeness (QED) is 0.943. The van der Waals surface area contributed by atoms with Gasteiger partial charge in [0.05, 0.1) is 17.1 Å². The van der Waals surface area contributed by atoms with Gasteiger partial charge >= 0.3 is 0 Å². The molecule has 102 valence electrons. The fourth-order valence-electron chi connectivity index (χ4n) is 2.57. The lowest BCUT2D eigenvalue weighted by Crippen LogP contribution is -2.25. The summed E-state index contributed by atoms with van der Waals surface area (Å²) >= 11 is 1.85. The van der Waals surface area contributed by atoms with Gasteiger partial charge in [-0.1, -0.05) is 0 Å². The third-order valence-electron chi connectivity index (χ3n) is 3.78. The Morgan fingerprint density at radius 2 is 2.35 bits per heavy atom. The van der Waals surface area contributed by atoms with E-state index in [0.29, 0.717) is 6.04 Å². The largest absolute Gasteiger partial charge is 0.349 e. The molecule has 0 atom stereocenters. The van der Waals surface area contributed by atoms with Crippen molar-refractivity contribution in [2.45, 2.75) is 30.5 Å². The maximum Gasteiger partial charge on any atom is 0.253 e. The summed E-state index contributed by atoms with van der Waals surface area (Å²) in [5, 5.41) is 3.09. The van der Waals surface area contributed by atoms with Crippen LogP contribution in [0.1, 0.15) is 28.9 Å². The Labute approximate surface area is 121 Å². The number of hydrogen-bond acceptors (Lipinski definition) is 3. The van der Waals surface area contributed by atoms with E-state index in [4.69, 9.17) is 0 Å². The van der Waals surface area contributed by atoms with E-state index < -0.39 is 0 Å². The molecular formula is C15H15N3OS. The molecule has 1 aliphatic carbocycles. The van der Waals surface area contributed by atoms with Gasteiger partial charge in [0.1, 0.15) is 0 Å². The van der Waals surface area contributed by atoms with Gasteiger partial charge in [0, 0.05) is 35.4 Å². The summed E-state index contributed by atoms with van der Waals surface area (Å²) in [5.74, 6) is 1.90. The first-order chi connectivity index (χ1) is 9.83. The van der Waals surface area contributed by atoms with E-state index in [1.807, 2.05) is 36.2 Å². The first-order valence-electron chi connectivity index (χ1n) is 6.84. The molecule has 0 spiro atoms. The monoisotopic (exact) mass is 285 g/mol. The molecule has 20 heavy (non-hydrogen) atoms. The zero-order valence-electron chi connectivity index (χ0n) is 11.0. The summed E-state index contributed by atoms with van der Waals surface area (Å²) in [6.45, 7) is 0. The van der Waals surface area contributed by atoms with E-state index in [1.165, 1.54) is 0 Å². The maximum absolute atomic E-state index is 12.4. The SMILES string of the molecule is O=C(NC1CC1)c1cc(-c2cccnc2)n2c1CSC2. The minimum atomic E-state index is 0.0777. The van der Waals surface area contributed by atoms with E-state index in [0.717, 1.165) is 47.0 Å². The predicted molar refractivity (Wildman–Crippen MR) is 79.4 cm³/mol. The summed E-state index contributed by atoms with van der Waals surface area (Å²) in [5.41, 5.74) is 4.15. The first-order valence-corrected chi connectivity index (χ1v) is 8.00. The highest BCUT2D eigenvalue weighted by atomic mass is 32.2. The molecule has 2 aromatic rings. The number of nitrogens with one attached hydrogen (secondary N) is 1.